The Balaban J connectivity index is 2.79. The van der Waals surface area contributed by atoms with Crippen LogP contribution >= 0.6 is 15.9 Å². The summed E-state index contributed by atoms with van der Waals surface area (Å²) in [6, 6.07) is 7.19. The van der Waals surface area contributed by atoms with Crippen molar-refractivity contribution in [2.75, 3.05) is 7.11 Å². The van der Waals surface area contributed by atoms with Gasteiger partial charge in [-0.1, -0.05) is 15.9 Å². The third-order valence-corrected chi connectivity index (χ3v) is 2.88. The van der Waals surface area contributed by atoms with Gasteiger partial charge < -0.3 is 9.72 Å². The lowest BCUT2D eigenvalue weighted by Gasteiger charge is -2.05. The van der Waals surface area contributed by atoms with E-state index in [1.807, 2.05) is 18.2 Å². The van der Waals surface area contributed by atoms with Crippen molar-refractivity contribution in [1.82, 2.24) is 4.98 Å². The molecule has 0 radical (unpaired) electrons. The van der Waals surface area contributed by atoms with Crippen LogP contribution in [0.1, 0.15) is 5.56 Å². The molecule has 3 nitrogen and oxygen atoms in total. The van der Waals surface area contributed by atoms with Crippen molar-refractivity contribution >= 4 is 26.8 Å². The summed E-state index contributed by atoms with van der Waals surface area (Å²) in [6.45, 7) is 0. The minimum Gasteiger partial charge on any atom is -0.497 e. The standard InChI is InChI=1S/C11H10BrNO2/c1-15-8-2-3-10-9(5-8)7(6-12)4-11(14)13-10/h2-5H,6H2,1H3,(H,13,14). The minimum atomic E-state index is -0.0814. The molecule has 0 unspecified atom stereocenters. The monoisotopic (exact) mass is 267 g/mol. The predicted octanol–water partition coefficient (Wildman–Crippen LogP) is 2.43. The average molecular weight is 268 g/mol. The molecule has 0 fully saturated rings. The Morgan fingerprint density at radius 3 is 2.87 bits per heavy atom. The number of aromatic nitrogens is 1. The molecule has 0 atom stereocenters. The molecule has 4 heteroatoms. The lowest BCUT2D eigenvalue weighted by molar-refractivity contribution is 0.415. The van der Waals surface area contributed by atoms with Crippen molar-refractivity contribution in [3.05, 3.63) is 40.2 Å². The number of benzene rings is 1. The largest absolute Gasteiger partial charge is 0.497 e. The van der Waals surface area contributed by atoms with Crippen molar-refractivity contribution in [2.45, 2.75) is 5.33 Å². The van der Waals surface area contributed by atoms with Gasteiger partial charge in [0.15, 0.2) is 0 Å². The Bertz CT molecular complexity index is 548. The van der Waals surface area contributed by atoms with E-state index in [1.165, 1.54) is 0 Å². The summed E-state index contributed by atoms with van der Waals surface area (Å²) in [5, 5.41) is 1.66. The summed E-state index contributed by atoms with van der Waals surface area (Å²) < 4.78 is 5.14. The Morgan fingerprint density at radius 1 is 1.40 bits per heavy atom. The number of hydrogen-bond donors (Lipinski definition) is 1. The Kier molecular flexibility index (Phi) is 2.77. The van der Waals surface area contributed by atoms with Gasteiger partial charge in [0.25, 0.3) is 0 Å². The molecular formula is C11H10BrNO2. The maximum atomic E-state index is 11.3. The van der Waals surface area contributed by atoms with E-state index in [1.54, 1.807) is 13.2 Å². The second kappa shape index (κ2) is 4.06. The highest BCUT2D eigenvalue weighted by Gasteiger charge is 2.03. The van der Waals surface area contributed by atoms with Crippen LogP contribution in [0.4, 0.5) is 0 Å². The van der Waals surface area contributed by atoms with Crippen LogP contribution in [0, 0.1) is 0 Å². The summed E-state index contributed by atoms with van der Waals surface area (Å²) in [6.07, 6.45) is 0. The van der Waals surface area contributed by atoms with Gasteiger partial charge in [0.1, 0.15) is 5.75 Å². The number of ether oxygens (including phenoxy) is 1. The van der Waals surface area contributed by atoms with E-state index < -0.39 is 0 Å². The molecule has 1 aromatic heterocycles. The number of pyridine rings is 1. The first-order valence-corrected chi connectivity index (χ1v) is 5.62. The molecule has 0 saturated heterocycles. The van der Waals surface area contributed by atoms with Crippen molar-refractivity contribution < 1.29 is 4.74 Å². The van der Waals surface area contributed by atoms with Crippen LogP contribution < -0.4 is 10.3 Å². The maximum absolute atomic E-state index is 11.3. The van der Waals surface area contributed by atoms with E-state index in [0.29, 0.717) is 5.33 Å². The SMILES string of the molecule is COc1ccc2[nH]c(=O)cc(CBr)c2c1. The van der Waals surface area contributed by atoms with E-state index in [2.05, 4.69) is 20.9 Å². The number of alkyl halides is 1. The number of halogens is 1. The summed E-state index contributed by atoms with van der Waals surface area (Å²) in [4.78, 5) is 14.1. The van der Waals surface area contributed by atoms with Crippen LogP contribution in [0.15, 0.2) is 29.1 Å². The third kappa shape index (κ3) is 1.90. The maximum Gasteiger partial charge on any atom is 0.248 e. The quantitative estimate of drug-likeness (QED) is 0.850. The normalized spacial score (nSPS) is 10.5. The Labute approximate surface area is 95.2 Å². The van der Waals surface area contributed by atoms with Gasteiger partial charge in [-0.2, -0.15) is 0 Å². The van der Waals surface area contributed by atoms with Gasteiger partial charge in [0.2, 0.25) is 5.56 Å². The highest BCUT2D eigenvalue weighted by Crippen LogP contribution is 2.22. The second-order valence-electron chi connectivity index (χ2n) is 3.20. The van der Waals surface area contributed by atoms with Gasteiger partial charge in [0.05, 0.1) is 7.11 Å². The van der Waals surface area contributed by atoms with E-state index >= 15 is 0 Å². The smallest absolute Gasteiger partial charge is 0.248 e. The molecule has 0 saturated carbocycles. The molecule has 1 aromatic carbocycles. The molecule has 0 amide bonds. The molecule has 2 aromatic rings. The summed E-state index contributed by atoms with van der Waals surface area (Å²) >= 11 is 3.37. The summed E-state index contributed by atoms with van der Waals surface area (Å²) in [5.74, 6) is 0.789. The van der Waals surface area contributed by atoms with E-state index in [0.717, 1.165) is 22.2 Å². The van der Waals surface area contributed by atoms with E-state index in [4.69, 9.17) is 4.74 Å². The Hall–Kier alpha value is -1.29. The summed E-state index contributed by atoms with van der Waals surface area (Å²) in [5.41, 5.74) is 1.72. The number of H-pyrrole nitrogens is 1. The van der Waals surface area contributed by atoms with Gasteiger partial charge >= 0.3 is 0 Å². The van der Waals surface area contributed by atoms with Gasteiger partial charge in [-0.3, -0.25) is 4.79 Å². The number of methoxy groups -OCH3 is 1. The van der Waals surface area contributed by atoms with Gasteiger partial charge in [-0.25, -0.2) is 0 Å². The fraction of sp³-hybridized carbons (Fsp3) is 0.182. The van der Waals surface area contributed by atoms with Crippen molar-refractivity contribution in [1.29, 1.82) is 0 Å². The number of hydrogen-bond acceptors (Lipinski definition) is 2. The summed E-state index contributed by atoms with van der Waals surface area (Å²) in [7, 11) is 1.63. The fourth-order valence-electron chi connectivity index (χ4n) is 1.54. The minimum absolute atomic E-state index is 0.0814. The number of aromatic amines is 1. The van der Waals surface area contributed by atoms with E-state index in [-0.39, 0.29) is 5.56 Å². The number of nitrogens with one attached hydrogen (secondary N) is 1. The predicted molar refractivity (Wildman–Crippen MR) is 63.8 cm³/mol. The first-order valence-electron chi connectivity index (χ1n) is 4.50. The highest BCUT2D eigenvalue weighted by molar-refractivity contribution is 9.08. The van der Waals surface area contributed by atoms with Crippen molar-refractivity contribution in [2.24, 2.45) is 0 Å². The molecular weight excluding hydrogens is 258 g/mol. The molecule has 1 heterocycles. The lowest BCUT2D eigenvalue weighted by atomic mass is 10.1. The number of fused-ring (bicyclic) bond motifs is 1. The zero-order chi connectivity index (χ0) is 10.8. The molecule has 0 aliphatic carbocycles. The first kappa shape index (κ1) is 10.2. The molecule has 15 heavy (non-hydrogen) atoms. The van der Waals surface area contributed by atoms with Gasteiger partial charge in [0, 0.05) is 22.3 Å². The lowest BCUT2D eigenvalue weighted by Crippen LogP contribution is -2.05. The van der Waals surface area contributed by atoms with Gasteiger partial charge in [-0.15, -0.1) is 0 Å². The topological polar surface area (TPSA) is 42.1 Å². The highest BCUT2D eigenvalue weighted by atomic mass is 79.9. The molecule has 0 bridgehead atoms. The van der Waals surface area contributed by atoms with Crippen LogP contribution in [0.3, 0.4) is 0 Å². The molecule has 0 aliphatic heterocycles. The fourth-order valence-corrected chi connectivity index (χ4v) is 2.00. The van der Waals surface area contributed by atoms with Gasteiger partial charge in [-0.05, 0) is 23.8 Å². The molecule has 0 aliphatic rings. The second-order valence-corrected chi connectivity index (χ2v) is 3.76. The Morgan fingerprint density at radius 2 is 2.20 bits per heavy atom. The van der Waals surface area contributed by atoms with Crippen molar-refractivity contribution in [3.63, 3.8) is 0 Å². The van der Waals surface area contributed by atoms with Crippen molar-refractivity contribution in [3.8, 4) is 5.75 Å². The van der Waals surface area contributed by atoms with Crippen LogP contribution in [0.25, 0.3) is 10.9 Å². The molecule has 78 valence electrons. The zero-order valence-electron chi connectivity index (χ0n) is 8.21. The molecule has 1 N–H and O–H groups in total. The third-order valence-electron chi connectivity index (χ3n) is 2.28. The zero-order valence-corrected chi connectivity index (χ0v) is 9.80. The first-order chi connectivity index (χ1) is 7.24. The molecule has 2 rings (SSSR count). The van der Waals surface area contributed by atoms with E-state index in [9.17, 15) is 4.79 Å². The average Bonchev–Trinajstić information content (AvgIpc) is 2.27. The molecule has 0 spiro atoms. The van der Waals surface area contributed by atoms with Crippen LogP contribution in [0.5, 0.6) is 5.75 Å². The van der Waals surface area contributed by atoms with Crippen LogP contribution in [-0.2, 0) is 5.33 Å². The van der Waals surface area contributed by atoms with Crippen LogP contribution in [-0.4, -0.2) is 12.1 Å². The van der Waals surface area contributed by atoms with Crippen LogP contribution in [0.2, 0.25) is 0 Å². The number of rotatable bonds is 2.